The maximum absolute atomic E-state index is 3.30. The summed E-state index contributed by atoms with van der Waals surface area (Å²) < 4.78 is 0. The van der Waals surface area contributed by atoms with Crippen LogP contribution in [0.1, 0.15) is 90.9 Å². The standard InChI is InChI=1S/C16H35N/c1-4-5-6-7-8-9-10-11-12-13-14-15-16(2)17-3/h16-17H,4-15H2,1-3H3. The first-order chi connectivity index (χ1) is 8.31. The van der Waals surface area contributed by atoms with Gasteiger partial charge in [0.2, 0.25) is 0 Å². The van der Waals surface area contributed by atoms with Crippen molar-refractivity contribution in [2.75, 3.05) is 7.05 Å². The van der Waals surface area contributed by atoms with Crippen LogP contribution in [0, 0.1) is 0 Å². The third-order valence-corrected chi connectivity index (χ3v) is 3.73. The van der Waals surface area contributed by atoms with Gasteiger partial charge in [-0.2, -0.15) is 0 Å². The van der Waals surface area contributed by atoms with Crippen molar-refractivity contribution in [3.05, 3.63) is 0 Å². The van der Waals surface area contributed by atoms with Crippen molar-refractivity contribution >= 4 is 0 Å². The lowest BCUT2D eigenvalue weighted by Crippen LogP contribution is -2.20. The highest BCUT2D eigenvalue weighted by atomic mass is 14.8. The number of nitrogens with one attached hydrogen (secondary N) is 1. The van der Waals surface area contributed by atoms with Crippen molar-refractivity contribution in [3.8, 4) is 0 Å². The molecule has 0 aliphatic carbocycles. The molecule has 1 N–H and O–H groups in total. The lowest BCUT2D eigenvalue weighted by Gasteiger charge is -2.09. The Balaban J connectivity index is 2.94. The van der Waals surface area contributed by atoms with Crippen LogP contribution >= 0.6 is 0 Å². The van der Waals surface area contributed by atoms with E-state index in [1.165, 1.54) is 77.0 Å². The number of unbranched alkanes of at least 4 members (excludes halogenated alkanes) is 10. The van der Waals surface area contributed by atoms with Gasteiger partial charge < -0.3 is 5.32 Å². The summed E-state index contributed by atoms with van der Waals surface area (Å²) in [6, 6.07) is 0.702. The van der Waals surface area contributed by atoms with Crippen molar-refractivity contribution < 1.29 is 0 Å². The Hall–Kier alpha value is -0.0400. The molecule has 0 fully saturated rings. The van der Waals surface area contributed by atoms with Gasteiger partial charge in [-0.15, -0.1) is 0 Å². The zero-order valence-electron chi connectivity index (χ0n) is 12.6. The summed E-state index contributed by atoms with van der Waals surface area (Å²) >= 11 is 0. The van der Waals surface area contributed by atoms with Crippen LogP contribution in [0.4, 0.5) is 0 Å². The second-order valence-corrected chi connectivity index (χ2v) is 5.51. The van der Waals surface area contributed by atoms with E-state index in [0.29, 0.717) is 6.04 Å². The molecular formula is C16H35N. The first-order valence-electron chi connectivity index (χ1n) is 7.98. The fourth-order valence-electron chi connectivity index (χ4n) is 2.26. The fourth-order valence-corrected chi connectivity index (χ4v) is 2.26. The Morgan fingerprint density at radius 3 is 1.53 bits per heavy atom. The first-order valence-corrected chi connectivity index (χ1v) is 7.98. The lowest BCUT2D eigenvalue weighted by molar-refractivity contribution is 0.501. The summed E-state index contributed by atoms with van der Waals surface area (Å²) in [5.74, 6) is 0. The van der Waals surface area contributed by atoms with E-state index in [1.54, 1.807) is 0 Å². The van der Waals surface area contributed by atoms with E-state index >= 15 is 0 Å². The van der Waals surface area contributed by atoms with Crippen molar-refractivity contribution in [3.63, 3.8) is 0 Å². The quantitative estimate of drug-likeness (QED) is 0.432. The predicted molar refractivity (Wildman–Crippen MR) is 79.6 cm³/mol. The molecule has 0 saturated carbocycles. The minimum Gasteiger partial charge on any atom is -0.317 e. The maximum atomic E-state index is 3.30. The van der Waals surface area contributed by atoms with Crippen molar-refractivity contribution in [1.82, 2.24) is 5.32 Å². The van der Waals surface area contributed by atoms with Crippen molar-refractivity contribution in [2.45, 2.75) is 96.9 Å². The second-order valence-electron chi connectivity index (χ2n) is 5.51. The van der Waals surface area contributed by atoms with Crippen molar-refractivity contribution in [1.29, 1.82) is 0 Å². The molecule has 0 aliphatic rings. The van der Waals surface area contributed by atoms with Gasteiger partial charge in [-0.25, -0.2) is 0 Å². The maximum Gasteiger partial charge on any atom is 0.00357 e. The molecule has 1 atom stereocenters. The summed E-state index contributed by atoms with van der Waals surface area (Å²) in [4.78, 5) is 0. The molecular weight excluding hydrogens is 206 g/mol. The van der Waals surface area contributed by atoms with E-state index in [9.17, 15) is 0 Å². The number of hydrogen-bond acceptors (Lipinski definition) is 1. The van der Waals surface area contributed by atoms with Crippen LogP contribution in [0.2, 0.25) is 0 Å². The van der Waals surface area contributed by atoms with Crippen LogP contribution in [-0.4, -0.2) is 13.1 Å². The first kappa shape index (κ1) is 17.0. The van der Waals surface area contributed by atoms with E-state index in [2.05, 4.69) is 26.2 Å². The minimum atomic E-state index is 0.702. The molecule has 1 nitrogen and oxygen atoms in total. The molecule has 0 saturated heterocycles. The van der Waals surface area contributed by atoms with E-state index in [1.807, 2.05) is 0 Å². The van der Waals surface area contributed by atoms with Crippen molar-refractivity contribution in [2.24, 2.45) is 0 Å². The summed E-state index contributed by atoms with van der Waals surface area (Å²) in [7, 11) is 2.06. The van der Waals surface area contributed by atoms with Gasteiger partial charge in [0.25, 0.3) is 0 Å². The smallest absolute Gasteiger partial charge is 0.00357 e. The zero-order chi connectivity index (χ0) is 12.8. The van der Waals surface area contributed by atoms with Gasteiger partial charge in [0.05, 0.1) is 0 Å². The van der Waals surface area contributed by atoms with Crippen LogP contribution in [0.15, 0.2) is 0 Å². The summed E-state index contributed by atoms with van der Waals surface area (Å²) in [5.41, 5.74) is 0. The monoisotopic (exact) mass is 241 g/mol. The zero-order valence-corrected chi connectivity index (χ0v) is 12.6. The predicted octanol–water partition coefficient (Wildman–Crippen LogP) is 5.30. The number of hydrogen-bond donors (Lipinski definition) is 1. The summed E-state index contributed by atoms with van der Waals surface area (Å²) in [6.45, 7) is 4.56. The average Bonchev–Trinajstić information content (AvgIpc) is 2.35. The molecule has 17 heavy (non-hydrogen) atoms. The van der Waals surface area contributed by atoms with Gasteiger partial charge in [-0.05, 0) is 20.4 Å². The van der Waals surface area contributed by atoms with Gasteiger partial charge in [-0.1, -0.05) is 77.6 Å². The molecule has 0 spiro atoms. The van der Waals surface area contributed by atoms with Gasteiger partial charge in [0.15, 0.2) is 0 Å². The van der Waals surface area contributed by atoms with Crippen LogP contribution in [-0.2, 0) is 0 Å². The SMILES string of the molecule is CCCCCCCCCCCCCC(C)NC. The molecule has 104 valence electrons. The van der Waals surface area contributed by atoms with E-state index in [4.69, 9.17) is 0 Å². The molecule has 0 rings (SSSR count). The topological polar surface area (TPSA) is 12.0 Å². The highest BCUT2D eigenvalue weighted by Crippen LogP contribution is 2.12. The molecule has 0 bridgehead atoms. The highest BCUT2D eigenvalue weighted by Gasteiger charge is 1.97. The molecule has 1 unspecified atom stereocenters. The van der Waals surface area contributed by atoms with Crippen LogP contribution in [0.25, 0.3) is 0 Å². The second kappa shape index (κ2) is 14.0. The highest BCUT2D eigenvalue weighted by molar-refractivity contribution is 4.56. The van der Waals surface area contributed by atoms with E-state index in [-0.39, 0.29) is 0 Å². The molecule has 0 heterocycles. The van der Waals surface area contributed by atoms with E-state index < -0.39 is 0 Å². The molecule has 0 aromatic rings. The van der Waals surface area contributed by atoms with Gasteiger partial charge in [0, 0.05) is 6.04 Å². The summed E-state index contributed by atoms with van der Waals surface area (Å²) in [6.07, 6.45) is 17.2. The van der Waals surface area contributed by atoms with Crippen LogP contribution in [0.5, 0.6) is 0 Å². The lowest BCUT2D eigenvalue weighted by atomic mass is 10.0. The third-order valence-electron chi connectivity index (χ3n) is 3.73. The largest absolute Gasteiger partial charge is 0.317 e. The summed E-state index contributed by atoms with van der Waals surface area (Å²) in [5, 5.41) is 3.30. The Kier molecular flexibility index (Phi) is 14.0. The molecule has 1 heteroatoms. The Bertz CT molecular complexity index is 133. The molecule has 0 aliphatic heterocycles. The van der Waals surface area contributed by atoms with Gasteiger partial charge in [-0.3, -0.25) is 0 Å². The molecule has 0 aromatic carbocycles. The van der Waals surface area contributed by atoms with Crippen LogP contribution < -0.4 is 5.32 Å². The van der Waals surface area contributed by atoms with E-state index in [0.717, 1.165) is 0 Å². The Morgan fingerprint density at radius 2 is 1.12 bits per heavy atom. The molecule has 0 radical (unpaired) electrons. The average molecular weight is 241 g/mol. The molecule has 0 amide bonds. The normalized spacial score (nSPS) is 12.9. The fraction of sp³-hybridized carbons (Fsp3) is 1.00. The Labute approximate surface area is 110 Å². The molecule has 0 aromatic heterocycles. The number of rotatable bonds is 13. The van der Waals surface area contributed by atoms with Gasteiger partial charge in [0.1, 0.15) is 0 Å². The Morgan fingerprint density at radius 1 is 0.706 bits per heavy atom. The third kappa shape index (κ3) is 13.9. The minimum absolute atomic E-state index is 0.702. The van der Waals surface area contributed by atoms with Gasteiger partial charge >= 0.3 is 0 Å². The van der Waals surface area contributed by atoms with Crippen LogP contribution in [0.3, 0.4) is 0 Å².